The Morgan fingerprint density at radius 3 is 3.00 bits per heavy atom. The topological polar surface area (TPSA) is 50.1 Å². The SMILES string of the molecule is CC(C)CNCc1cn(CCCO)cn1. The zero-order valence-electron chi connectivity index (χ0n) is 9.61. The van der Waals surface area contributed by atoms with E-state index in [0.717, 1.165) is 31.7 Å². The van der Waals surface area contributed by atoms with Crippen molar-refractivity contribution in [3.63, 3.8) is 0 Å². The van der Waals surface area contributed by atoms with Gasteiger partial charge in [0, 0.05) is 25.9 Å². The molecule has 2 N–H and O–H groups in total. The molecule has 1 rings (SSSR count). The van der Waals surface area contributed by atoms with Crippen LogP contribution in [0.3, 0.4) is 0 Å². The van der Waals surface area contributed by atoms with Crippen LogP contribution in [0.25, 0.3) is 0 Å². The number of hydrogen-bond donors (Lipinski definition) is 2. The minimum atomic E-state index is 0.235. The Labute approximate surface area is 91.3 Å². The van der Waals surface area contributed by atoms with Crippen molar-refractivity contribution in [1.29, 1.82) is 0 Å². The molecule has 86 valence electrons. The van der Waals surface area contributed by atoms with Gasteiger partial charge in [0.05, 0.1) is 12.0 Å². The summed E-state index contributed by atoms with van der Waals surface area (Å²) in [6.07, 6.45) is 4.64. The smallest absolute Gasteiger partial charge is 0.0949 e. The summed E-state index contributed by atoms with van der Waals surface area (Å²) in [6.45, 7) is 7.29. The largest absolute Gasteiger partial charge is 0.396 e. The summed E-state index contributed by atoms with van der Waals surface area (Å²) in [7, 11) is 0. The normalized spacial score (nSPS) is 11.2. The summed E-state index contributed by atoms with van der Waals surface area (Å²) in [5, 5.41) is 12.0. The van der Waals surface area contributed by atoms with Gasteiger partial charge in [0.15, 0.2) is 0 Å². The van der Waals surface area contributed by atoms with Gasteiger partial charge in [-0.25, -0.2) is 4.98 Å². The molecule has 1 aromatic rings. The Bertz CT molecular complexity index is 271. The minimum absolute atomic E-state index is 0.235. The van der Waals surface area contributed by atoms with Crippen molar-refractivity contribution in [2.24, 2.45) is 5.92 Å². The first-order valence-corrected chi connectivity index (χ1v) is 5.54. The van der Waals surface area contributed by atoms with Crippen LogP contribution in [0, 0.1) is 5.92 Å². The van der Waals surface area contributed by atoms with Gasteiger partial charge in [-0.05, 0) is 18.9 Å². The molecular weight excluding hydrogens is 190 g/mol. The van der Waals surface area contributed by atoms with E-state index in [1.54, 1.807) is 0 Å². The van der Waals surface area contributed by atoms with Gasteiger partial charge in [-0.2, -0.15) is 0 Å². The van der Waals surface area contributed by atoms with Crippen LogP contribution in [0.2, 0.25) is 0 Å². The van der Waals surface area contributed by atoms with Crippen molar-refractivity contribution < 1.29 is 5.11 Å². The van der Waals surface area contributed by atoms with Gasteiger partial charge in [-0.1, -0.05) is 13.8 Å². The molecule has 4 heteroatoms. The molecule has 0 saturated heterocycles. The lowest BCUT2D eigenvalue weighted by Gasteiger charge is -2.04. The maximum absolute atomic E-state index is 8.69. The van der Waals surface area contributed by atoms with E-state index in [0.29, 0.717) is 5.92 Å². The molecule has 15 heavy (non-hydrogen) atoms. The van der Waals surface area contributed by atoms with E-state index in [1.165, 1.54) is 0 Å². The summed E-state index contributed by atoms with van der Waals surface area (Å²) >= 11 is 0. The van der Waals surface area contributed by atoms with Crippen molar-refractivity contribution in [2.75, 3.05) is 13.2 Å². The third-order valence-corrected chi connectivity index (χ3v) is 2.12. The molecule has 0 bridgehead atoms. The molecule has 0 aliphatic carbocycles. The van der Waals surface area contributed by atoms with Crippen LogP contribution in [-0.2, 0) is 13.1 Å². The van der Waals surface area contributed by atoms with Crippen molar-refractivity contribution in [2.45, 2.75) is 33.4 Å². The Balaban J connectivity index is 2.26. The van der Waals surface area contributed by atoms with Gasteiger partial charge in [-0.3, -0.25) is 0 Å². The second-order valence-electron chi connectivity index (χ2n) is 4.20. The lowest BCUT2D eigenvalue weighted by Crippen LogP contribution is -2.19. The Kier molecular flexibility index (Phi) is 5.36. The van der Waals surface area contributed by atoms with Crippen molar-refractivity contribution in [3.05, 3.63) is 18.2 Å². The molecule has 0 aliphatic heterocycles. The van der Waals surface area contributed by atoms with Gasteiger partial charge in [0.2, 0.25) is 0 Å². The zero-order chi connectivity index (χ0) is 11.1. The number of aliphatic hydroxyl groups is 1. The molecular formula is C11H21N3O. The molecule has 4 nitrogen and oxygen atoms in total. The van der Waals surface area contributed by atoms with Crippen molar-refractivity contribution >= 4 is 0 Å². The molecule has 1 aromatic heterocycles. The molecule has 0 fully saturated rings. The minimum Gasteiger partial charge on any atom is -0.396 e. The monoisotopic (exact) mass is 211 g/mol. The van der Waals surface area contributed by atoms with E-state index in [9.17, 15) is 0 Å². The van der Waals surface area contributed by atoms with E-state index in [-0.39, 0.29) is 6.61 Å². The highest BCUT2D eigenvalue weighted by molar-refractivity contribution is 4.96. The van der Waals surface area contributed by atoms with E-state index in [4.69, 9.17) is 5.11 Å². The second-order valence-corrected chi connectivity index (χ2v) is 4.20. The first-order chi connectivity index (χ1) is 7.22. The van der Waals surface area contributed by atoms with Gasteiger partial charge in [0.1, 0.15) is 0 Å². The Morgan fingerprint density at radius 1 is 1.53 bits per heavy atom. The second kappa shape index (κ2) is 6.58. The van der Waals surface area contributed by atoms with E-state index in [2.05, 4.69) is 24.1 Å². The molecule has 0 radical (unpaired) electrons. The number of hydrogen-bond acceptors (Lipinski definition) is 3. The summed E-state index contributed by atoms with van der Waals surface area (Å²) in [4.78, 5) is 4.28. The predicted molar refractivity (Wildman–Crippen MR) is 60.5 cm³/mol. The molecule has 0 spiro atoms. The lowest BCUT2D eigenvalue weighted by atomic mass is 10.2. The highest BCUT2D eigenvalue weighted by atomic mass is 16.3. The number of imidazole rings is 1. The molecule has 0 amide bonds. The number of aromatic nitrogens is 2. The Morgan fingerprint density at radius 2 is 2.33 bits per heavy atom. The van der Waals surface area contributed by atoms with Crippen LogP contribution >= 0.6 is 0 Å². The first kappa shape index (κ1) is 12.2. The summed E-state index contributed by atoms with van der Waals surface area (Å²) in [5.41, 5.74) is 1.06. The average molecular weight is 211 g/mol. The maximum Gasteiger partial charge on any atom is 0.0949 e. The quantitative estimate of drug-likeness (QED) is 0.707. The van der Waals surface area contributed by atoms with Crippen LogP contribution in [0.4, 0.5) is 0 Å². The van der Waals surface area contributed by atoms with E-state index in [1.807, 2.05) is 17.1 Å². The van der Waals surface area contributed by atoms with Crippen LogP contribution < -0.4 is 5.32 Å². The average Bonchev–Trinajstić information content (AvgIpc) is 2.62. The highest BCUT2D eigenvalue weighted by Gasteiger charge is 1.99. The van der Waals surface area contributed by atoms with Crippen LogP contribution in [-0.4, -0.2) is 27.8 Å². The number of aliphatic hydroxyl groups excluding tert-OH is 1. The first-order valence-electron chi connectivity index (χ1n) is 5.54. The number of rotatable bonds is 7. The molecule has 0 atom stereocenters. The maximum atomic E-state index is 8.69. The molecule has 0 unspecified atom stereocenters. The molecule has 1 heterocycles. The summed E-state index contributed by atoms with van der Waals surface area (Å²) in [5.74, 6) is 0.668. The fourth-order valence-corrected chi connectivity index (χ4v) is 1.36. The van der Waals surface area contributed by atoms with Crippen LogP contribution in [0.1, 0.15) is 26.0 Å². The van der Waals surface area contributed by atoms with Gasteiger partial charge >= 0.3 is 0 Å². The molecule has 0 aromatic carbocycles. The lowest BCUT2D eigenvalue weighted by molar-refractivity contribution is 0.279. The zero-order valence-corrected chi connectivity index (χ0v) is 9.61. The number of aryl methyl sites for hydroxylation is 1. The fraction of sp³-hybridized carbons (Fsp3) is 0.727. The Hall–Kier alpha value is -0.870. The van der Waals surface area contributed by atoms with E-state index >= 15 is 0 Å². The van der Waals surface area contributed by atoms with Crippen LogP contribution in [0.15, 0.2) is 12.5 Å². The summed E-state index contributed by atoms with van der Waals surface area (Å²) in [6, 6.07) is 0. The van der Waals surface area contributed by atoms with E-state index < -0.39 is 0 Å². The van der Waals surface area contributed by atoms with Crippen molar-refractivity contribution in [1.82, 2.24) is 14.9 Å². The standard InChI is InChI=1S/C11H21N3O/c1-10(2)6-12-7-11-8-14(9-13-11)4-3-5-15/h8-10,12,15H,3-7H2,1-2H3. The van der Waals surface area contributed by atoms with Gasteiger partial charge in [-0.15, -0.1) is 0 Å². The fourth-order valence-electron chi connectivity index (χ4n) is 1.36. The van der Waals surface area contributed by atoms with Gasteiger partial charge in [0.25, 0.3) is 0 Å². The highest BCUT2D eigenvalue weighted by Crippen LogP contribution is 1.98. The van der Waals surface area contributed by atoms with Crippen molar-refractivity contribution in [3.8, 4) is 0 Å². The predicted octanol–water partition coefficient (Wildman–Crippen LogP) is 1.01. The van der Waals surface area contributed by atoms with Gasteiger partial charge < -0.3 is 15.0 Å². The molecule has 0 aliphatic rings. The summed E-state index contributed by atoms with van der Waals surface area (Å²) < 4.78 is 2.02. The third-order valence-electron chi connectivity index (χ3n) is 2.12. The third kappa shape index (κ3) is 4.95. The molecule has 0 saturated carbocycles. The van der Waals surface area contributed by atoms with Crippen LogP contribution in [0.5, 0.6) is 0 Å². The number of nitrogens with zero attached hydrogens (tertiary/aromatic N) is 2. The number of nitrogens with one attached hydrogen (secondary N) is 1.